The Morgan fingerprint density at radius 1 is 1.18 bits per heavy atom. The number of nitrogens with one attached hydrogen (secondary N) is 2. The quantitative estimate of drug-likeness (QED) is 0.546. The monoisotopic (exact) mass is 459 g/mol. The van der Waals surface area contributed by atoms with Crippen molar-refractivity contribution in [1.29, 1.82) is 0 Å². The van der Waals surface area contributed by atoms with E-state index in [-0.39, 0.29) is 11.9 Å². The largest absolute Gasteiger partial charge is 0.433 e. The number of piperidine rings is 1. The lowest BCUT2D eigenvalue weighted by molar-refractivity contribution is -0.141. The van der Waals surface area contributed by atoms with Crippen LogP contribution in [0.25, 0.3) is 5.57 Å². The van der Waals surface area contributed by atoms with Gasteiger partial charge in [0.2, 0.25) is 0 Å². The third kappa shape index (κ3) is 5.43. The van der Waals surface area contributed by atoms with E-state index in [4.69, 9.17) is 5.73 Å². The number of para-hydroxylation sites is 1. The molecule has 0 bridgehead atoms. The molecule has 0 spiro atoms. The molecule has 178 valence electrons. The first-order valence-electron chi connectivity index (χ1n) is 11.6. The van der Waals surface area contributed by atoms with Crippen LogP contribution in [0, 0.1) is 5.92 Å². The number of aromatic nitrogens is 1. The van der Waals surface area contributed by atoms with Gasteiger partial charge in [0, 0.05) is 42.4 Å². The van der Waals surface area contributed by atoms with Crippen LogP contribution in [0.5, 0.6) is 0 Å². The smallest absolute Gasteiger partial charge is 0.385 e. The number of rotatable bonds is 6. The maximum absolute atomic E-state index is 13.5. The number of hydrogen-bond acceptors (Lipinski definition) is 5. The molecule has 5 nitrogen and oxygen atoms in total. The molecule has 2 aromatic rings. The SMILES string of the molecule is CC(C)CN1CCCCC1CNc1nc(C(F)(F)F)ccc1C1=C(N)Nc2ccccc2C1. The van der Waals surface area contributed by atoms with Crippen LogP contribution in [0.4, 0.5) is 24.7 Å². The minimum atomic E-state index is -4.51. The van der Waals surface area contributed by atoms with Crippen molar-refractivity contribution in [3.63, 3.8) is 0 Å². The lowest BCUT2D eigenvalue weighted by atomic mass is 9.94. The van der Waals surface area contributed by atoms with Crippen LogP contribution in [-0.2, 0) is 12.6 Å². The number of benzene rings is 1. The van der Waals surface area contributed by atoms with E-state index in [1.165, 1.54) is 6.07 Å². The molecule has 2 aliphatic heterocycles. The summed E-state index contributed by atoms with van der Waals surface area (Å²) in [6.07, 6.45) is -0.679. The van der Waals surface area contributed by atoms with Gasteiger partial charge in [-0.1, -0.05) is 38.5 Å². The molecule has 1 aromatic heterocycles. The predicted octanol–water partition coefficient (Wildman–Crippen LogP) is 5.32. The second kappa shape index (κ2) is 9.63. The fraction of sp³-hybridized carbons (Fsp3) is 0.480. The number of likely N-dealkylation sites (tertiary alicyclic amines) is 1. The molecule has 1 atom stereocenters. The van der Waals surface area contributed by atoms with Crippen molar-refractivity contribution >= 4 is 17.1 Å². The third-order valence-corrected chi connectivity index (χ3v) is 6.34. The summed E-state index contributed by atoms with van der Waals surface area (Å²) in [6.45, 7) is 6.93. The number of anilines is 2. The first-order valence-corrected chi connectivity index (χ1v) is 11.6. The zero-order chi connectivity index (χ0) is 23.6. The fourth-order valence-electron chi connectivity index (χ4n) is 4.75. The lowest BCUT2D eigenvalue weighted by Crippen LogP contribution is -2.45. The summed E-state index contributed by atoms with van der Waals surface area (Å²) in [6, 6.07) is 10.6. The number of nitrogens with zero attached hydrogens (tertiary/aromatic N) is 2. The molecule has 1 unspecified atom stereocenters. The summed E-state index contributed by atoms with van der Waals surface area (Å²) in [7, 11) is 0. The molecule has 1 saturated heterocycles. The van der Waals surface area contributed by atoms with Gasteiger partial charge in [0.05, 0.1) is 0 Å². The summed E-state index contributed by atoms with van der Waals surface area (Å²) in [5, 5.41) is 6.46. The number of hydrogen-bond donors (Lipinski definition) is 3. The molecular weight excluding hydrogens is 427 g/mol. The van der Waals surface area contributed by atoms with Crippen LogP contribution in [0.2, 0.25) is 0 Å². The van der Waals surface area contributed by atoms with Crippen LogP contribution in [-0.4, -0.2) is 35.6 Å². The summed E-state index contributed by atoms with van der Waals surface area (Å²) >= 11 is 0. The van der Waals surface area contributed by atoms with Gasteiger partial charge in [-0.2, -0.15) is 13.2 Å². The van der Waals surface area contributed by atoms with E-state index in [9.17, 15) is 13.2 Å². The molecule has 4 rings (SSSR count). The van der Waals surface area contributed by atoms with Crippen molar-refractivity contribution in [3.8, 4) is 0 Å². The second-order valence-corrected chi connectivity index (χ2v) is 9.36. The Bertz CT molecular complexity index is 1020. The first-order chi connectivity index (χ1) is 15.7. The maximum atomic E-state index is 13.5. The van der Waals surface area contributed by atoms with Gasteiger partial charge >= 0.3 is 6.18 Å². The van der Waals surface area contributed by atoms with Gasteiger partial charge < -0.3 is 16.4 Å². The van der Waals surface area contributed by atoms with E-state index in [0.717, 1.165) is 55.2 Å². The highest BCUT2D eigenvalue weighted by Gasteiger charge is 2.34. The fourth-order valence-corrected chi connectivity index (χ4v) is 4.75. The van der Waals surface area contributed by atoms with Gasteiger partial charge in [0.25, 0.3) is 0 Å². The normalized spacial score (nSPS) is 19.4. The second-order valence-electron chi connectivity index (χ2n) is 9.36. The van der Waals surface area contributed by atoms with Gasteiger partial charge in [-0.3, -0.25) is 4.90 Å². The van der Waals surface area contributed by atoms with Crippen LogP contribution >= 0.6 is 0 Å². The Kier molecular flexibility index (Phi) is 6.83. The predicted molar refractivity (Wildman–Crippen MR) is 127 cm³/mol. The Hall–Kier alpha value is -2.74. The van der Waals surface area contributed by atoms with Gasteiger partial charge in [-0.05, 0) is 49.1 Å². The van der Waals surface area contributed by atoms with Crippen molar-refractivity contribution in [2.24, 2.45) is 11.7 Å². The van der Waals surface area contributed by atoms with Gasteiger partial charge in [-0.15, -0.1) is 0 Å². The standard InChI is InChI=1S/C25H32F3N5/c1-16(2)15-33-12-6-5-8-18(33)14-30-24-19(10-11-22(32-24)25(26,27)28)20-13-17-7-3-4-9-21(17)31-23(20)29/h3-4,7,9-11,16,18,31H,5-6,8,12-15,29H2,1-2H3,(H,30,32). The average Bonchev–Trinajstić information content (AvgIpc) is 2.77. The highest BCUT2D eigenvalue weighted by Crippen LogP contribution is 2.36. The molecule has 33 heavy (non-hydrogen) atoms. The number of fused-ring (bicyclic) bond motifs is 1. The van der Waals surface area contributed by atoms with Crippen molar-refractivity contribution in [3.05, 3.63) is 59.0 Å². The van der Waals surface area contributed by atoms with E-state index in [1.54, 1.807) is 0 Å². The molecule has 1 aromatic carbocycles. The number of halogens is 3. The summed E-state index contributed by atoms with van der Waals surface area (Å²) < 4.78 is 40.4. The molecule has 0 saturated carbocycles. The third-order valence-electron chi connectivity index (χ3n) is 6.34. The highest BCUT2D eigenvalue weighted by atomic mass is 19.4. The summed E-state index contributed by atoms with van der Waals surface area (Å²) in [5.41, 5.74) is 8.73. The zero-order valence-corrected chi connectivity index (χ0v) is 19.2. The molecule has 4 N–H and O–H groups in total. The van der Waals surface area contributed by atoms with Crippen LogP contribution in [0.1, 0.15) is 49.9 Å². The minimum Gasteiger partial charge on any atom is -0.385 e. The Morgan fingerprint density at radius 2 is 1.97 bits per heavy atom. The first kappa shape index (κ1) is 23.4. The number of allylic oxidation sites excluding steroid dienone is 1. The maximum Gasteiger partial charge on any atom is 0.433 e. The topological polar surface area (TPSA) is 66.2 Å². The van der Waals surface area contributed by atoms with Gasteiger partial charge in [0.1, 0.15) is 17.3 Å². The molecule has 3 heterocycles. The van der Waals surface area contributed by atoms with E-state index in [2.05, 4.69) is 34.4 Å². The van der Waals surface area contributed by atoms with Gasteiger partial charge in [0.15, 0.2) is 0 Å². The van der Waals surface area contributed by atoms with E-state index < -0.39 is 11.9 Å². The van der Waals surface area contributed by atoms with Crippen LogP contribution < -0.4 is 16.4 Å². The summed E-state index contributed by atoms with van der Waals surface area (Å²) in [5.74, 6) is 1.21. The number of alkyl halides is 3. The van der Waals surface area contributed by atoms with Crippen molar-refractivity contribution in [2.75, 3.05) is 30.3 Å². The number of pyridine rings is 1. The van der Waals surface area contributed by atoms with Crippen molar-refractivity contribution in [1.82, 2.24) is 9.88 Å². The average molecular weight is 460 g/mol. The summed E-state index contributed by atoms with van der Waals surface area (Å²) in [4.78, 5) is 6.45. The van der Waals surface area contributed by atoms with Crippen LogP contribution in [0.3, 0.4) is 0 Å². The lowest BCUT2D eigenvalue weighted by Gasteiger charge is -2.37. The minimum absolute atomic E-state index is 0.235. The molecule has 0 aliphatic carbocycles. The van der Waals surface area contributed by atoms with E-state index in [1.807, 2.05) is 24.3 Å². The highest BCUT2D eigenvalue weighted by molar-refractivity contribution is 5.83. The molecule has 2 aliphatic rings. The van der Waals surface area contributed by atoms with Crippen LogP contribution in [0.15, 0.2) is 42.2 Å². The Labute approximate surface area is 193 Å². The van der Waals surface area contributed by atoms with Crippen molar-refractivity contribution < 1.29 is 13.2 Å². The molecule has 1 fully saturated rings. The molecular formula is C25H32F3N5. The number of nitrogens with two attached hydrogens (primary N) is 1. The van der Waals surface area contributed by atoms with E-state index >= 15 is 0 Å². The van der Waals surface area contributed by atoms with Crippen molar-refractivity contribution in [2.45, 2.75) is 51.7 Å². The Balaban J connectivity index is 1.63. The Morgan fingerprint density at radius 3 is 2.73 bits per heavy atom. The molecule has 0 radical (unpaired) electrons. The molecule has 0 amide bonds. The van der Waals surface area contributed by atoms with Gasteiger partial charge in [-0.25, -0.2) is 4.98 Å². The van der Waals surface area contributed by atoms with E-state index in [0.29, 0.717) is 30.3 Å². The zero-order valence-electron chi connectivity index (χ0n) is 19.2. The molecule has 8 heteroatoms.